The van der Waals surface area contributed by atoms with Crippen LogP contribution in [-0.4, -0.2) is 55.3 Å². The Kier molecular flexibility index (Phi) is 4.55. The van der Waals surface area contributed by atoms with E-state index in [4.69, 9.17) is 11.6 Å². The van der Waals surface area contributed by atoms with Crippen LogP contribution in [0.25, 0.3) is 0 Å². The van der Waals surface area contributed by atoms with Crippen molar-refractivity contribution in [2.45, 2.75) is 30.2 Å². The molecule has 19 heavy (non-hydrogen) atoms. The molecule has 2 rings (SSSR count). The van der Waals surface area contributed by atoms with Crippen LogP contribution in [0.5, 0.6) is 0 Å². The van der Waals surface area contributed by atoms with Gasteiger partial charge in [0, 0.05) is 31.0 Å². The smallest absolute Gasteiger partial charge is 0.244 e. The molecule has 1 aliphatic rings. The summed E-state index contributed by atoms with van der Waals surface area (Å²) in [7, 11) is -1.41. The Morgan fingerprint density at radius 2 is 2.21 bits per heavy atom. The quantitative estimate of drug-likeness (QED) is 0.860. The van der Waals surface area contributed by atoms with Gasteiger partial charge in [0.2, 0.25) is 10.0 Å². The van der Waals surface area contributed by atoms with E-state index in [1.807, 2.05) is 14.0 Å². The third-order valence-corrected chi connectivity index (χ3v) is 5.73. The van der Waals surface area contributed by atoms with Crippen molar-refractivity contribution in [1.29, 1.82) is 0 Å². The minimum atomic E-state index is -3.43. The number of halogens is 1. The van der Waals surface area contributed by atoms with Gasteiger partial charge in [-0.3, -0.25) is 0 Å². The summed E-state index contributed by atoms with van der Waals surface area (Å²) in [6.07, 6.45) is 2.38. The zero-order valence-electron chi connectivity index (χ0n) is 11.3. The second kappa shape index (κ2) is 5.83. The predicted molar refractivity (Wildman–Crippen MR) is 75.8 cm³/mol. The topological polar surface area (TPSA) is 56.4 Å². The van der Waals surface area contributed by atoms with Crippen molar-refractivity contribution in [3.05, 3.63) is 18.0 Å². The maximum Gasteiger partial charge on any atom is 0.244 e. The van der Waals surface area contributed by atoms with Gasteiger partial charge in [-0.15, -0.1) is 11.6 Å². The first kappa shape index (κ1) is 14.8. The Balaban J connectivity index is 2.27. The number of nitrogens with one attached hydrogen (secondary N) is 1. The number of likely N-dealkylation sites (N-methyl/N-ethyl adjacent to an activating group) is 1. The van der Waals surface area contributed by atoms with Crippen molar-refractivity contribution in [2.75, 3.05) is 26.7 Å². The molecule has 5 nitrogen and oxygen atoms in total. The van der Waals surface area contributed by atoms with Crippen LogP contribution < -0.4 is 0 Å². The number of nitrogens with zero attached hydrogens (tertiary/aromatic N) is 2. The number of H-pyrrole nitrogens is 1. The third kappa shape index (κ3) is 3.13. The zero-order chi connectivity index (χ0) is 14.0. The summed E-state index contributed by atoms with van der Waals surface area (Å²) in [5.41, 5.74) is 0.722. The normalized spacial score (nSPS) is 23.4. The van der Waals surface area contributed by atoms with Crippen LogP contribution in [0.4, 0.5) is 0 Å². The average Bonchev–Trinajstić information content (AvgIpc) is 2.76. The summed E-state index contributed by atoms with van der Waals surface area (Å²) >= 11 is 5.70. The lowest BCUT2D eigenvalue weighted by atomic mass is 10.3. The number of hydrogen-bond donors (Lipinski definition) is 1. The molecular weight excluding hydrogens is 286 g/mol. The number of alkyl halides is 1. The monoisotopic (exact) mass is 305 g/mol. The first-order chi connectivity index (χ1) is 8.95. The van der Waals surface area contributed by atoms with Crippen LogP contribution in [-0.2, 0) is 15.9 Å². The van der Waals surface area contributed by atoms with E-state index < -0.39 is 10.0 Å². The fourth-order valence-electron chi connectivity index (χ4n) is 2.49. The van der Waals surface area contributed by atoms with E-state index in [9.17, 15) is 8.42 Å². The predicted octanol–water partition coefficient (Wildman–Crippen LogP) is 1.47. The summed E-state index contributed by atoms with van der Waals surface area (Å²) in [4.78, 5) is 5.36. The molecular formula is C12H20ClN3O2S. The molecule has 1 aromatic rings. The maximum atomic E-state index is 12.6. The molecule has 0 saturated carbocycles. The first-order valence-electron chi connectivity index (χ1n) is 6.39. The van der Waals surface area contributed by atoms with Crippen LogP contribution in [0, 0.1) is 0 Å². The molecule has 1 aliphatic heterocycles. The van der Waals surface area contributed by atoms with Gasteiger partial charge in [-0.05, 0) is 33.0 Å². The lowest BCUT2D eigenvalue weighted by molar-refractivity contribution is 0.290. The van der Waals surface area contributed by atoms with Crippen molar-refractivity contribution >= 4 is 21.6 Å². The van der Waals surface area contributed by atoms with E-state index in [-0.39, 0.29) is 11.9 Å². The molecule has 1 atom stereocenters. The molecule has 1 unspecified atom stereocenters. The zero-order valence-corrected chi connectivity index (χ0v) is 12.8. The fourth-order valence-corrected chi connectivity index (χ4v) is 4.32. The largest absolute Gasteiger partial charge is 0.363 e. The highest BCUT2D eigenvalue weighted by Gasteiger charge is 2.31. The van der Waals surface area contributed by atoms with Crippen molar-refractivity contribution < 1.29 is 8.42 Å². The highest BCUT2D eigenvalue weighted by Crippen LogP contribution is 2.22. The Morgan fingerprint density at radius 1 is 1.47 bits per heavy atom. The third-order valence-electron chi connectivity index (χ3n) is 3.45. The van der Waals surface area contributed by atoms with Gasteiger partial charge >= 0.3 is 0 Å². The molecule has 0 aliphatic carbocycles. The highest BCUT2D eigenvalue weighted by atomic mass is 35.5. The number of sulfonamides is 1. The molecule has 0 aromatic carbocycles. The molecule has 1 N–H and O–H groups in total. The van der Waals surface area contributed by atoms with E-state index >= 15 is 0 Å². The minimum absolute atomic E-state index is 0.0214. The maximum absolute atomic E-state index is 12.6. The molecule has 0 amide bonds. The Hall–Kier alpha value is -0.560. The fraction of sp³-hybridized carbons (Fsp3) is 0.667. The molecule has 1 saturated heterocycles. The van der Waals surface area contributed by atoms with Crippen LogP contribution in [0.3, 0.4) is 0 Å². The van der Waals surface area contributed by atoms with Crippen molar-refractivity contribution in [3.8, 4) is 0 Å². The number of rotatable bonds is 3. The average molecular weight is 306 g/mol. The van der Waals surface area contributed by atoms with E-state index in [1.165, 1.54) is 6.20 Å². The lowest BCUT2D eigenvalue weighted by Crippen LogP contribution is -2.41. The molecule has 7 heteroatoms. The summed E-state index contributed by atoms with van der Waals surface area (Å²) < 4.78 is 26.9. The SMILES string of the molecule is CC1CN(C)CCCN1S(=O)(=O)c1c[nH]c(CCl)c1. The lowest BCUT2D eigenvalue weighted by Gasteiger charge is -2.26. The molecule has 0 radical (unpaired) electrons. The molecule has 1 fully saturated rings. The molecule has 1 aromatic heterocycles. The highest BCUT2D eigenvalue weighted by molar-refractivity contribution is 7.89. The van der Waals surface area contributed by atoms with E-state index in [0.29, 0.717) is 11.4 Å². The van der Waals surface area contributed by atoms with Crippen molar-refractivity contribution in [1.82, 2.24) is 14.2 Å². The Morgan fingerprint density at radius 3 is 2.84 bits per heavy atom. The van der Waals surface area contributed by atoms with Crippen LogP contribution in [0.1, 0.15) is 19.0 Å². The van der Waals surface area contributed by atoms with E-state index in [1.54, 1.807) is 10.4 Å². The van der Waals surface area contributed by atoms with Crippen molar-refractivity contribution in [3.63, 3.8) is 0 Å². The second-order valence-corrected chi connectivity index (χ2v) is 7.23. The van der Waals surface area contributed by atoms with Crippen LogP contribution >= 0.6 is 11.6 Å². The summed E-state index contributed by atoms with van der Waals surface area (Å²) in [6, 6.07) is 1.59. The van der Waals surface area contributed by atoms with Crippen LogP contribution in [0.2, 0.25) is 0 Å². The van der Waals surface area contributed by atoms with Crippen molar-refractivity contribution in [2.24, 2.45) is 0 Å². The van der Waals surface area contributed by atoms with E-state index in [2.05, 4.69) is 9.88 Å². The number of aromatic amines is 1. The van der Waals surface area contributed by atoms with Gasteiger partial charge in [-0.25, -0.2) is 8.42 Å². The number of hydrogen-bond acceptors (Lipinski definition) is 3. The van der Waals surface area contributed by atoms with Crippen LogP contribution in [0.15, 0.2) is 17.2 Å². The molecule has 0 spiro atoms. The van der Waals surface area contributed by atoms with Gasteiger partial charge in [0.25, 0.3) is 0 Å². The van der Waals surface area contributed by atoms with Gasteiger partial charge in [-0.1, -0.05) is 0 Å². The van der Waals surface area contributed by atoms with Gasteiger partial charge in [-0.2, -0.15) is 4.31 Å². The second-order valence-electron chi connectivity index (χ2n) is 5.07. The summed E-state index contributed by atoms with van der Waals surface area (Å²) in [6.45, 7) is 4.20. The van der Waals surface area contributed by atoms with Gasteiger partial charge in [0.15, 0.2) is 0 Å². The van der Waals surface area contributed by atoms with Gasteiger partial charge in [0.05, 0.1) is 10.8 Å². The summed E-state index contributed by atoms with van der Waals surface area (Å²) in [5, 5.41) is 0. The standard InChI is InChI=1S/C12H20ClN3O2S/c1-10-9-15(2)4-3-5-16(10)19(17,18)12-6-11(7-13)14-8-12/h6,8,10,14H,3-5,7,9H2,1-2H3. The molecule has 108 valence electrons. The van der Waals surface area contributed by atoms with Gasteiger partial charge in [0.1, 0.15) is 0 Å². The number of aromatic nitrogens is 1. The molecule has 2 heterocycles. The van der Waals surface area contributed by atoms with Gasteiger partial charge < -0.3 is 9.88 Å². The Labute approximate surface area is 119 Å². The first-order valence-corrected chi connectivity index (χ1v) is 8.36. The minimum Gasteiger partial charge on any atom is -0.363 e. The molecule has 0 bridgehead atoms. The summed E-state index contributed by atoms with van der Waals surface area (Å²) in [5.74, 6) is 0.286. The Bertz CT molecular complexity index is 529. The van der Waals surface area contributed by atoms with E-state index in [0.717, 1.165) is 25.2 Å².